The van der Waals surface area contributed by atoms with Gasteiger partial charge in [-0.3, -0.25) is 0 Å². The molecule has 0 aliphatic heterocycles. The van der Waals surface area contributed by atoms with Gasteiger partial charge >= 0.3 is 12.1 Å². The Morgan fingerprint density at radius 1 is 1.47 bits per heavy atom. The molecule has 1 aromatic carbocycles. The summed E-state index contributed by atoms with van der Waals surface area (Å²) in [5, 5.41) is 8.92. The minimum atomic E-state index is -0.994. The normalized spacial score (nSPS) is 10.6. The summed E-state index contributed by atoms with van der Waals surface area (Å²) in [4.78, 5) is 25.7. The van der Waals surface area contributed by atoms with E-state index < -0.39 is 12.1 Å². The Kier molecular flexibility index (Phi) is 3.37. The van der Waals surface area contributed by atoms with Crippen LogP contribution in [0.25, 0.3) is 11.0 Å². The molecule has 0 aliphatic rings. The highest BCUT2D eigenvalue weighted by molar-refractivity contribution is 5.92. The summed E-state index contributed by atoms with van der Waals surface area (Å²) < 4.78 is 6.51. The molecule has 1 heterocycles. The number of carbonyl (C=O) groups excluding carboxylic acids is 1. The SMILES string of the molecule is Cc1nc2cc(C(=O)O)ccc2n1CCOC(N)=O. The summed E-state index contributed by atoms with van der Waals surface area (Å²) in [7, 11) is 0. The first-order valence-electron chi connectivity index (χ1n) is 5.61. The van der Waals surface area contributed by atoms with Crippen LogP contribution in [0.2, 0.25) is 0 Å². The smallest absolute Gasteiger partial charge is 0.404 e. The second-order valence-electron chi connectivity index (χ2n) is 3.99. The van der Waals surface area contributed by atoms with E-state index in [4.69, 9.17) is 10.8 Å². The Hall–Kier alpha value is -2.57. The molecule has 0 bridgehead atoms. The highest BCUT2D eigenvalue weighted by Gasteiger charge is 2.10. The molecule has 1 aromatic heterocycles. The number of amides is 1. The Morgan fingerprint density at radius 3 is 2.84 bits per heavy atom. The fourth-order valence-corrected chi connectivity index (χ4v) is 1.90. The number of nitrogens with two attached hydrogens (primary N) is 1. The molecule has 7 nitrogen and oxygen atoms in total. The summed E-state index contributed by atoms with van der Waals surface area (Å²) in [5.41, 5.74) is 6.45. The molecule has 3 N–H and O–H groups in total. The predicted octanol–water partition coefficient (Wildman–Crippen LogP) is 1.14. The van der Waals surface area contributed by atoms with Gasteiger partial charge in [0.1, 0.15) is 12.4 Å². The maximum absolute atomic E-state index is 10.9. The largest absolute Gasteiger partial charge is 0.478 e. The summed E-state index contributed by atoms with van der Waals surface area (Å²) in [6, 6.07) is 4.70. The van der Waals surface area contributed by atoms with Crippen LogP contribution in [-0.4, -0.2) is 33.3 Å². The zero-order valence-electron chi connectivity index (χ0n) is 10.3. The monoisotopic (exact) mass is 263 g/mol. The van der Waals surface area contributed by atoms with Gasteiger partial charge in [-0.1, -0.05) is 0 Å². The van der Waals surface area contributed by atoms with E-state index in [1.165, 1.54) is 12.1 Å². The van der Waals surface area contributed by atoms with Crippen LogP contribution in [-0.2, 0) is 11.3 Å². The number of rotatable bonds is 4. The number of carboxylic acids is 1. The quantitative estimate of drug-likeness (QED) is 0.859. The lowest BCUT2D eigenvalue weighted by molar-refractivity contribution is 0.0697. The number of aromatic nitrogens is 2. The number of primary amides is 1. The van der Waals surface area contributed by atoms with Gasteiger partial charge in [-0.25, -0.2) is 14.6 Å². The summed E-state index contributed by atoms with van der Waals surface area (Å²) in [6.45, 7) is 2.35. The first-order valence-corrected chi connectivity index (χ1v) is 5.61. The van der Waals surface area contributed by atoms with Crippen LogP contribution < -0.4 is 5.73 Å². The number of imidazole rings is 1. The van der Waals surface area contributed by atoms with Crippen molar-refractivity contribution in [3.8, 4) is 0 Å². The first-order chi connectivity index (χ1) is 8.99. The fourth-order valence-electron chi connectivity index (χ4n) is 1.90. The van der Waals surface area contributed by atoms with Gasteiger partial charge in [0.15, 0.2) is 0 Å². The number of fused-ring (bicyclic) bond motifs is 1. The molecule has 0 aliphatic carbocycles. The fraction of sp³-hybridized carbons (Fsp3) is 0.250. The number of hydrogen-bond acceptors (Lipinski definition) is 4. The van der Waals surface area contributed by atoms with E-state index in [-0.39, 0.29) is 12.2 Å². The van der Waals surface area contributed by atoms with Gasteiger partial charge in [0.25, 0.3) is 0 Å². The lowest BCUT2D eigenvalue weighted by Gasteiger charge is -2.06. The highest BCUT2D eigenvalue weighted by Crippen LogP contribution is 2.17. The molecule has 19 heavy (non-hydrogen) atoms. The Morgan fingerprint density at radius 2 is 2.21 bits per heavy atom. The lowest BCUT2D eigenvalue weighted by atomic mass is 10.2. The van der Waals surface area contributed by atoms with Gasteiger partial charge in [-0.2, -0.15) is 0 Å². The van der Waals surface area contributed by atoms with Crippen molar-refractivity contribution in [3.05, 3.63) is 29.6 Å². The minimum Gasteiger partial charge on any atom is -0.478 e. The average molecular weight is 263 g/mol. The molecular weight excluding hydrogens is 250 g/mol. The van der Waals surface area contributed by atoms with Crippen LogP contribution in [0, 0.1) is 6.92 Å². The van der Waals surface area contributed by atoms with Crippen LogP contribution in [0.4, 0.5) is 4.79 Å². The van der Waals surface area contributed by atoms with Crippen LogP contribution in [0.5, 0.6) is 0 Å². The number of ether oxygens (including phenoxy) is 1. The van der Waals surface area contributed by atoms with E-state index in [0.717, 1.165) is 5.52 Å². The van der Waals surface area contributed by atoms with Crippen LogP contribution in [0.1, 0.15) is 16.2 Å². The maximum atomic E-state index is 10.9. The van der Waals surface area contributed by atoms with E-state index >= 15 is 0 Å². The van der Waals surface area contributed by atoms with Gasteiger partial charge < -0.3 is 20.1 Å². The second kappa shape index (κ2) is 4.97. The van der Waals surface area contributed by atoms with Crippen molar-refractivity contribution in [2.24, 2.45) is 5.73 Å². The minimum absolute atomic E-state index is 0.141. The highest BCUT2D eigenvalue weighted by atomic mass is 16.5. The third kappa shape index (κ3) is 2.65. The molecule has 7 heteroatoms. The molecule has 0 spiro atoms. The van der Waals surface area contributed by atoms with Crippen LogP contribution in [0.15, 0.2) is 18.2 Å². The van der Waals surface area contributed by atoms with E-state index in [1.807, 2.05) is 4.57 Å². The molecule has 100 valence electrons. The van der Waals surface area contributed by atoms with Gasteiger partial charge in [0.2, 0.25) is 0 Å². The molecular formula is C12H13N3O4. The standard InChI is InChI=1S/C12H13N3O4/c1-7-14-9-6-8(11(16)17)2-3-10(9)15(7)4-5-19-12(13)18/h2-3,6H,4-5H2,1H3,(H2,13,18)(H,16,17). The Bertz CT molecular complexity index is 648. The number of benzene rings is 1. The van der Waals surface area contributed by atoms with Gasteiger partial charge in [0, 0.05) is 0 Å². The van der Waals surface area contributed by atoms with Crippen molar-refractivity contribution in [1.29, 1.82) is 0 Å². The molecule has 2 rings (SSSR count). The van der Waals surface area contributed by atoms with Crippen molar-refractivity contribution in [1.82, 2.24) is 9.55 Å². The molecule has 2 aromatic rings. The topological polar surface area (TPSA) is 107 Å². The van der Waals surface area contributed by atoms with Crippen molar-refractivity contribution in [3.63, 3.8) is 0 Å². The molecule has 0 atom stereocenters. The van der Waals surface area contributed by atoms with Crippen LogP contribution in [0.3, 0.4) is 0 Å². The van der Waals surface area contributed by atoms with Crippen molar-refractivity contribution < 1.29 is 19.4 Å². The molecule has 0 radical (unpaired) electrons. The molecule has 0 fully saturated rings. The second-order valence-corrected chi connectivity index (χ2v) is 3.99. The number of aryl methyl sites for hydroxylation is 1. The number of nitrogens with zero attached hydrogens (tertiary/aromatic N) is 2. The molecule has 0 unspecified atom stereocenters. The number of carboxylic acid groups (broad SMARTS) is 1. The number of hydrogen-bond donors (Lipinski definition) is 2. The molecule has 1 amide bonds. The number of aromatic carboxylic acids is 1. The zero-order chi connectivity index (χ0) is 14.0. The Balaban J connectivity index is 2.31. The third-order valence-electron chi connectivity index (χ3n) is 2.75. The van der Waals surface area contributed by atoms with Crippen molar-refractivity contribution in [2.45, 2.75) is 13.5 Å². The van der Waals surface area contributed by atoms with Gasteiger partial charge in [-0.15, -0.1) is 0 Å². The van der Waals surface area contributed by atoms with E-state index in [1.54, 1.807) is 13.0 Å². The van der Waals surface area contributed by atoms with E-state index in [0.29, 0.717) is 17.9 Å². The average Bonchev–Trinajstić information content (AvgIpc) is 2.64. The zero-order valence-corrected chi connectivity index (χ0v) is 10.3. The van der Waals surface area contributed by atoms with Crippen molar-refractivity contribution >= 4 is 23.1 Å². The third-order valence-corrected chi connectivity index (χ3v) is 2.75. The lowest BCUT2D eigenvalue weighted by Crippen LogP contribution is -2.17. The van der Waals surface area contributed by atoms with Gasteiger partial charge in [-0.05, 0) is 25.1 Å². The van der Waals surface area contributed by atoms with E-state index in [9.17, 15) is 9.59 Å². The Labute approximate surface area is 108 Å². The first kappa shape index (κ1) is 12.9. The van der Waals surface area contributed by atoms with Crippen LogP contribution >= 0.6 is 0 Å². The molecule has 0 saturated carbocycles. The maximum Gasteiger partial charge on any atom is 0.404 e. The molecule has 0 saturated heterocycles. The predicted molar refractivity (Wildman–Crippen MR) is 67.0 cm³/mol. The summed E-state index contributed by atoms with van der Waals surface area (Å²) in [5.74, 6) is -0.281. The summed E-state index contributed by atoms with van der Waals surface area (Å²) >= 11 is 0. The van der Waals surface area contributed by atoms with Crippen molar-refractivity contribution in [2.75, 3.05) is 6.61 Å². The summed E-state index contributed by atoms with van der Waals surface area (Å²) in [6.07, 6.45) is -0.824. The van der Waals surface area contributed by atoms with Gasteiger partial charge in [0.05, 0.1) is 23.1 Å². The van der Waals surface area contributed by atoms with E-state index in [2.05, 4.69) is 9.72 Å². The number of carbonyl (C=O) groups is 2.